The molecular formula is C14H12FN. The fourth-order valence-electron chi connectivity index (χ4n) is 2.02. The van der Waals surface area contributed by atoms with E-state index in [0.29, 0.717) is 6.04 Å². The fourth-order valence-corrected chi connectivity index (χ4v) is 2.02. The van der Waals surface area contributed by atoms with Gasteiger partial charge in [-0.1, -0.05) is 30.3 Å². The maximum Gasteiger partial charge on any atom is 0.123 e. The monoisotopic (exact) mass is 213 g/mol. The SMILES string of the molecule is Fc1ccc(N2CC2c2ccccc2)cc1. The number of anilines is 1. The second-order valence-electron chi connectivity index (χ2n) is 4.06. The molecule has 0 bridgehead atoms. The standard InChI is InChI=1S/C14H12FN/c15-12-6-8-13(9-7-12)16-10-14(16)11-4-2-1-3-5-11/h1-9,14H,10H2. The zero-order valence-electron chi connectivity index (χ0n) is 8.81. The van der Waals surface area contributed by atoms with E-state index in [2.05, 4.69) is 29.2 Å². The highest BCUT2D eigenvalue weighted by Gasteiger charge is 2.35. The van der Waals surface area contributed by atoms with E-state index in [9.17, 15) is 4.39 Å². The summed E-state index contributed by atoms with van der Waals surface area (Å²) in [6.45, 7) is 1.02. The summed E-state index contributed by atoms with van der Waals surface area (Å²) in [5, 5.41) is 0. The molecule has 0 spiro atoms. The average Bonchev–Trinajstić information content (AvgIpc) is 3.11. The number of benzene rings is 2. The van der Waals surface area contributed by atoms with Gasteiger partial charge in [-0.15, -0.1) is 0 Å². The predicted octanol–water partition coefficient (Wildman–Crippen LogP) is 3.39. The van der Waals surface area contributed by atoms with Crippen LogP contribution < -0.4 is 4.90 Å². The Hall–Kier alpha value is -1.83. The first-order chi connectivity index (χ1) is 7.84. The van der Waals surface area contributed by atoms with Crippen molar-refractivity contribution in [1.29, 1.82) is 0 Å². The highest BCUT2D eigenvalue weighted by Crippen LogP contribution is 2.39. The van der Waals surface area contributed by atoms with Crippen molar-refractivity contribution in [3.8, 4) is 0 Å². The lowest BCUT2D eigenvalue weighted by atomic mass is 10.2. The Bertz CT molecular complexity index is 478. The van der Waals surface area contributed by atoms with Crippen LogP contribution in [0.15, 0.2) is 54.6 Å². The molecule has 2 heteroatoms. The Balaban J connectivity index is 1.79. The van der Waals surface area contributed by atoms with Crippen molar-refractivity contribution in [2.75, 3.05) is 11.4 Å². The van der Waals surface area contributed by atoms with Gasteiger partial charge in [0.05, 0.1) is 6.04 Å². The van der Waals surface area contributed by atoms with Gasteiger partial charge in [-0.05, 0) is 29.8 Å². The van der Waals surface area contributed by atoms with Gasteiger partial charge in [0.25, 0.3) is 0 Å². The summed E-state index contributed by atoms with van der Waals surface area (Å²) < 4.78 is 12.8. The average molecular weight is 213 g/mol. The maximum absolute atomic E-state index is 12.8. The van der Waals surface area contributed by atoms with E-state index >= 15 is 0 Å². The van der Waals surface area contributed by atoms with Gasteiger partial charge in [-0.25, -0.2) is 4.39 Å². The minimum atomic E-state index is -0.179. The number of rotatable bonds is 2. The third-order valence-electron chi connectivity index (χ3n) is 2.95. The van der Waals surface area contributed by atoms with Crippen LogP contribution in [0.1, 0.15) is 11.6 Å². The van der Waals surface area contributed by atoms with Gasteiger partial charge < -0.3 is 4.90 Å². The lowest BCUT2D eigenvalue weighted by molar-refractivity contribution is 0.628. The molecule has 1 saturated heterocycles. The van der Waals surface area contributed by atoms with Crippen LogP contribution in [0, 0.1) is 5.82 Å². The molecule has 0 aliphatic carbocycles. The molecule has 1 unspecified atom stereocenters. The normalized spacial score (nSPS) is 18.6. The third kappa shape index (κ3) is 1.67. The second kappa shape index (κ2) is 3.63. The molecular weight excluding hydrogens is 201 g/mol. The van der Waals surface area contributed by atoms with Crippen LogP contribution in [0.2, 0.25) is 0 Å². The van der Waals surface area contributed by atoms with Crippen LogP contribution in [0.3, 0.4) is 0 Å². The highest BCUT2D eigenvalue weighted by molar-refractivity contribution is 5.56. The van der Waals surface area contributed by atoms with Gasteiger partial charge in [0.1, 0.15) is 5.82 Å². The van der Waals surface area contributed by atoms with E-state index in [1.165, 1.54) is 17.7 Å². The van der Waals surface area contributed by atoms with E-state index in [4.69, 9.17) is 0 Å². The van der Waals surface area contributed by atoms with Gasteiger partial charge in [0.2, 0.25) is 0 Å². The smallest absolute Gasteiger partial charge is 0.123 e. The summed E-state index contributed by atoms with van der Waals surface area (Å²) >= 11 is 0. The molecule has 1 heterocycles. The van der Waals surface area contributed by atoms with E-state index in [-0.39, 0.29) is 5.82 Å². The molecule has 1 atom stereocenters. The zero-order chi connectivity index (χ0) is 11.0. The van der Waals surface area contributed by atoms with Crippen LogP contribution in [0.25, 0.3) is 0 Å². The van der Waals surface area contributed by atoms with E-state index < -0.39 is 0 Å². The molecule has 0 saturated carbocycles. The van der Waals surface area contributed by atoms with E-state index in [0.717, 1.165) is 12.2 Å². The highest BCUT2D eigenvalue weighted by atomic mass is 19.1. The van der Waals surface area contributed by atoms with Crippen LogP contribution in [0.5, 0.6) is 0 Å². The molecule has 0 amide bonds. The third-order valence-corrected chi connectivity index (χ3v) is 2.95. The summed E-state index contributed by atoms with van der Waals surface area (Å²) in [4.78, 5) is 2.26. The Morgan fingerprint density at radius 3 is 2.31 bits per heavy atom. The molecule has 1 aliphatic rings. The Morgan fingerprint density at radius 1 is 0.938 bits per heavy atom. The van der Waals surface area contributed by atoms with Crippen molar-refractivity contribution in [2.45, 2.75) is 6.04 Å². The lowest BCUT2D eigenvalue weighted by Crippen LogP contribution is -1.94. The van der Waals surface area contributed by atoms with Crippen molar-refractivity contribution in [3.63, 3.8) is 0 Å². The summed E-state index contributed by atoms with van der Waals surface area (Å²) in [5.41, 5.74) is 2.42. The molecule has 2 aromatic rings. The first-order valence-electron chi connectivity index (χ1n) is 5.42. The molecule has 16 heavy (non-hydrogen) atoms. The quantitative estimate of drug-likeness (QED) is 0.691. The maximum atomic E-state index is 12.8. The molecule has 1 aliphatic heterocycles. The summed E-state index contributed by atoms with van der Waals surface area (Å²) in [7, 11) is 0. The van der Waals surface area contributed by atoms with Crippen LogP contribution in [0.4, 0.5) is 10.1 Å². The summed E-state index contributed by atoms with van der Waals surface area (Å²) in [6.07, 6.45) is 0. The van der Waals surface area contributed by atoms with Crippen LogP contribution in [-0.2, 0) is 0 Å². The van der Waals surface area contributed by atoms with Gasteiger partial charge in [0.15, 0.2) is 0 Å². The topological polar surface area (TPSA) is 3.01 Å². The van der Waals surface area contributed by atoms with Crippen molar-refractivity contribution in [3.05, 3.63) is 66.0 Å². The zero-order valence-corrected chi connectivity index (χ0v) is 8.81. The predicted molar refractivity (Wildman–Crippen MR) is 62.9 cm³/mol. The number of nitrogens with zero attached hydrogens (tertiary/aromatic N) is 1. The fraction of sp³-hybridized carbons (Fsp3) is 0.143. The van der Waals surface area contributed by atoms with Gasteiger partial charge in [-0.3, -0.25) is 0 Å². The molecule has 80 valence electrons. The van der Waals surface area contributed by atoms with Gasteiger partial charge >= 0.3 is 0 Å². The van der Waals surface area contributed by atoms with Crippen molar-refractivity contribution < 1.29 is 4.39 Å². The number of halogens is 1. The first-order valence-corrected chi connectivity index (χ1v) is 5.42. The van der Waals surface area contributed by atoms with Gasteiger partial charge in [0, 0.05) is 12.2 Å². The van der Waals surface area contributed by atoms with E-state index in [1.807, 2.05) is 18.2 Å². The van der Waals surface area contributed by atoms with Crippen LogP contribution in [-0.4, -0.2) is 6.54 Å². The lowest BCUT2D eigenvalue weighted by Gasteiger charge is -2.05. The molecule has 1 nitrogen and oxygen atoms in total. The van der Waals surface area contributed by atoms with Crippen molar-refractivity contribution in [2.24, 2.45) is 0 Å². The first kappa shape index (κ1) is 9.40. The minimum absolute atomic E-state index is 0.179. The minimum Gasteiger partial charge on any atom is -0.360 e. The Morgan fingerprint density at radius 2 is 1.62 bits per heavy atom. The Kier molecular flexibility index (Phi) is 2.13. The van der Waals surface area contributed by atoms with Crippen molar-refractivity contribution in [1.82, 2.24) is 0 Å². The molecule has 0 aromatic heterocycles. The molecule has 0 radical (unpaired) electrons. The van der Waals surface area contributed by atoms with Crippen molar-refractivity contribution >= 4 is 5.69 Å². The molecule has 3 rings (SSSR count). The molecule has 1 fully saturated rings. The summed E-state index contributed by atoms with van der Waals surface area (Å²) in [5.74, 6) is -0.179. The number of hydrogen-bond donors (Lipinski definition) is 0. The summed E-state index contributed by atoms with van der Waals surface area (Å²) in [6, 6.07) is 17.5. The molecule has 0 N–H and O–H groups in total. The van der Waals surface area contributed by atoms with E-state index in [1.54, 1.807) is 0 Å². The Labute approximate surface area is 94.1 Å². The molecule has 2 aromatic carbocycles. The number of hydrogen-bond acceptors (Lipinski definition) is 1. The van der Waals surface area contributed by atoms with Crippen LogP contribution >= 0.6 is 0 Å². The second-order valence-corrected chi connectivity index (χ2v) is 4.06. The largest absolute Gasteiger partial charge is 0.360 e. The van der Waals surface area contributed by atoms with Gasteiger partial charge in [-0.2, -0.15) is 0 Å².